The molecule has 0 unspecified atom stereocenters. The molecule has 0 bridgehead atoms. The summed E-state index contributed by atoms with van der Waals surface area (Å²) in [5, 5.41) is 3.36. The van der Waals surface area contributed by atoms with Gasteiger partial charge in [0.15, 0.2) is 0 Å². The standard InChI is InChI=1S/C12H20ClN5O/c1-3-6-14-11-15-10(13)16-12(17-11)18(2)9-4-7-19-8-5-9/h9H,3-8H2,1-2H3,(H,14,15,16,17). The zero-order valence-electron chi connectivity index (χ0n) is 11.4. The number of nitrogens with zero attached hydrogens (tertiary/aromatic N) is 4. The fourth-order valence-electron chi connectivity index (χ4n) is 2.05. The van der Waals surface area contributed by atoms with Crippen LogP contribution in [0.15, 0.2) is 0 Å². The van der Waals surface area contributed by atoms with Crippen LogP contribution in [-0.2, 0) is 4.74 Å². The molecule has 19 heavy (non-hydrogen) atoms. The van der Waals surface area contributed by atoms with E-state index >= 15 is 0 Å². The van der Waals surface area contributed by atoms with Gasteiger partial charge in [-0.05, 0) is 30.9 Å². The van der Waals surface area contributed by atoms with Crippen molar-refractivity contribution in [2.75, 3.05) is 37.0 Å². The molecule has 6 nitrogen and oxygen atoms in total. The van der Waals surface area contributed by atoms with Gasteiger partial charge in [-0.2, -0.15) is 15.0 Å². The molecular weight excluding hydrogens is 266 g/mol. The van der Waals surface area contributed by atoms with Crippen molar-refractivity contribution in [3.63, 3.8) is 0 Å². The predicted octanol–water partition coefficient (Wildman–Crippen LogP) is 1.96. The van der Waals surface area contributed by atoms with Crippen LogP contribution in [0.4, 0.5) is 11.9 Å². The number of hydrogen-bond donors (Lipinski definition) is 1. The normalized spacial score (nSPS) is 16.4. The molecule has 0 aliphatic carbocycles. The van der Waals surface area contributed by atoms with Crippen molar-refractivity contribution < 1.29 is 4.74 Å². The van der Waals surface area contributed by atoms with Gasteiger partial charge in [0, 0.05) is 32.8 Å². The van der Waals surface area contributed by atoms with E-state index in [1.54, 1.807) is 0 Å². The van der Waals surface area contributed by atoms with E-state index in [-0.39, 0.29) is 5.28 Å². The largest absolute Gasteiger partial charge is 0.381 e. The van der Waals surface area contributed by atoms with Crippen molar-refractivity contribution >= 4 is 23.5 Å². The summed E-state index contributed by atoms with van der Waals surface area (Å²) >= 11 is 5.96. The van der Waals surface area contributed by atoms with E-state index < -0.39 is 0 Å². The molecule has 7 heteroatoms. The van der Waals surface area contributed by atoms with Crippen molar-refractivity contribution in [2.45, 2.75) is 32.2 Å². The smallest absolute Gasteiger partial charge is 0.231 e. The Kier molecular flexibility index (Phi) is 5.15. The molecule has 0 saturated carbocycles. The van der Waals surface area contributed by atoms with Crippen LogP contribution in [0.3, 0.4) is 0 Å². The van der Waals surface area contributed by atoms with Gasteiger partial charge in [0.25, 0.3) is 0 Å². The van der Waals surface area contributed by atoms with Crippen LogP contribution in [0.25, 0.3) is 0 Å². The van der Waals surface area contributed by atoms with E-state index in [1.165, 1.54) is 0 Å². The highest BCUT2D eigenvalue weighted by Gasteiger charge is 2.21. The Morgan fingerprint density at radius 2 is 2.05 bits per heavy atom. The lowest BCUT2D eigenvalue weighted by Gasteiger charge is -2.31. The summed E-state index contributed by atoms with van der Waals surface area (Å²) < 4.78 is 5.37. The van der Waals surface area contributed by atoms with E-state index in [0.29, 0.717) is 17.9 Å². The zero-order chi connectivity index (χ0) is 13.7. The topological polar surface area (TPSA) is 63.2 Å². The van der Waals surface area contributed by atoms with E-state index in [2.05, 4.69) is 32.1 Å². The number of halogens is 1. The molecule has 0 atom stereocenters. The summed E-state index contributed by atoms with van der Waals surface area (Å²) in [4.78, 5) is 14.8. The molecule has 1 aliphatic rings. The third kappa shape index (κ3) is 3.91. The Balaban J connectivity index is 2.11. The average molecular weight is 286 g/mol. The minimum absolute atomic E-state index is 0.225. The van der Waals surface area contributed by atoms with Crippen molar-refractivity contribution in [2.24, 2.45) is 0 Å². The quantitative estimate of drug-likeness (QED) is 0.892. The maximum Gasteiger partial charge on any atom is 0.231 e. The van der Waals surface area contributed by atoms with Crippen LogP contribution >= 0.6 is 11.6 Å². The molecule has 0 amide bonds. The lowest BCUT2D eigenvalue weighted by Crippen LogP contribution is -2.37. The molecule has 1 fully saturated rings. The van der Waals surface area contributed by atoms with Crippen LogP contribution in [-0.4, -0.2) is 47.8 Å². The summed E-state index contributed by atoms with van der Waals surface area (Å²) in [6, 6.07) is 0.395. The number of nitrogens with one attached hydrogen (secondary N) is 1. The first kappa shape index (κ1) is 14.3. The predicted molar refractivity (Wildman–Crippen MR) is 75.9 cm³/mol. The lowest BCUT2D eigenvalue weighted by molar-refractivity contribution is 0.0852. The first-order valence-electron chi connectivity index (χ1n) is 6.66. The fourth-order valence-corrected chi connectivity index (χ4v) is 2.20. The van der Waals surface area contributed by atoms with Gasteiger partial charge >= 0.3 is 0 Å². The molecule has 1 saturated heterocycles. The van der Waals surface area contributed by atoms with Crippen LogP contribution < -0.4 is 10.2 Å². The number of aromatic nitrogens is 3. The number of rotatable bonds is 5. The molecule has 1 aromatic rings. The van der Waals surface area contributed by atoms with Gasteiger partial charge in [-0.25, -0.2) is 0 Å². The van der Waals surface area contributed by atoms with E-state index in [0.717, 1.165) is 39.0 Å². The van der Waals surface area contributed by atoms with Crippen LogP contribution in [0, 0.1) is 0 Å². The molecule has 2 rings (SSSR count). The molecular formula is C12H20ClN5O. The maximum absolute atomic E-state index is 5.96. The van der Waals surface area contributed by atoms with Crippen molar-refractivity contribution in [3.05, 3.63) is 5.28 Å². The van der Waals surface area contributed by atoms with E-state index in [4.69, 9.17) is 16.3 Å². The van der Waals surface area contributed by atoms with Crippen molar-refractivity contribution in [1.29, 1.82) is 0 Å². The molecule has 106 valence electrons. The summed E-state index contributed by atoms with van der Waals surface area (Å²) in [5.41, 5.74) is 0. The second-order valence-corrected chi connectivity index (χ2v) is 4.95. The summed E-state index contributed by atoms with van der Waals surface area (Å²) in [6.45, 7) is 4.48. The van der Waals surface area contributed by atoms with Crippen LogP contribution in [0.2, 0.25) is 5.28 Å². The van der Waals surface area contributed by atoms with Gasteiger partial charge in [-0.1, -0.05) is 6.92 Å². The molecule has 2 heterocycles. The van der Waals surface area contributed by atoms with E-state index in [1.807, 2.05) is 7.05 Å². The van der Waals surface area contributed by atoms with Gasteiger partial charge in [0.05, 0.1) is 0 Å². The third-order valence-corrected chi connectivity index (χ3v) is 3.35. The Labute approximate surface area is 118 Å². The molecule has 0 spiro atoms. The first-order valence-corrected chi connectivity index (χ1v) is 7.04. The minimum Gasteiger partial charge on any atom is -0.381 e. The van der Waals surface area contributed by atoms with Gasteiger partial charge < -0.3 is 15.0 Å². The van der Waals surface area contributed by atoms with Crippen LogP contribution in [0.5, 0.6) is 0 Å². The molecule has 0 aromatic carbocycles. The highest BCUT2D eigenvalue weighted by molar-refractivity contribution is 6.28. The fraction of sp³-hybridized carbons (Fsp3) is 0.750. The Morgan fingerprint density at radius 3 is 2.74 bits per heavy atom. The molecule has 1 aromatic heterocycles. The van der Waals surface area contributed by atoms with Gasteiger partial charge in [0.2, 0.25) is 17.2 Å². The Bertz CT molecular complexity index is 411. The van der Waals surface area contributed by atoms with Crippen molar-refractivity contribution in [3.8, 4) is 0 Å². The molecule has 1 N–H and O–H groups in total. The Hall–Kier alpha value is -1.14. The maximum atomic E-state index is 5.96. The second kappa shape index (κ2) is 6.86. The number of ether oxygens (including phenoxy) is 1. The first-order chi connectivity index (χ1) is 9.20. The third-order valence-electron chi connectivity index (χ3n) is 3.18. The molecule has 0 radical (unpaired) electrons. The summed E-state index contributed by atoms with van der Waals surface area (Å²) in [7, 11) is 1.99. The summed E-state index contributed by atoms with van der Waals surface area (Å²) in [5.74, 6) is 1.15. The SMILES string of the molecule is CCCNc1nc(Cl)nc(N(C)C2CCOCC2)n1. The average Bonchev–Trinajstić information content (AvgIpc) is 2.44. The zero-order valence-corrected chi connectivity index (χ0v) is 12.2. The second-order valence-electron chi connectivity index (χ2n) is 4.61. The lowest BCUT2D eigenvalue weighted by atomic mass is 10.1. The highest BCUT2D eigenvalue weighted by atomic mass is 35.5. The number of hydrogen-bond acceptors (Lipinski definition) is 6. The Morgan fingerprint density at radius 1 is 1.32 bits per heavy atom. The minimum atomic E-state index is 0.225. The van der Waals surface area contributed by atoms with Gasteiger partial charge in [-0.15, -0.1) is 0 Å². The highest BCUT2D eigenvalue weighted by Crippen LogP contribution is 2.19. The van der Waals surface area contributed by atoms with Crippen LogP contribution in [0.1, 0.15) is 26.2 Å². The molecule has 1 aliphatic heterocycles. The monoisotopic (exact) mass is 285 g/mol. The van der Waals surface area contributed by atoms with Gasteiger partial charge in [0.1, 0.15) is 0 Å². The number of anilines is 2. The van der Waals surface area contributed by atoms with Gasteiger partial charge in [-0.3, -0.25) is 0 Å². The summed E-state index contributed by atoms with van der Waals surface area (Å²) in [6.07, 6.45) is 2.98. The van der Waals surface area contributed by atoms with E-state index in [9.17, 15) is 0 Å². The van der Waals surface area contributed by atoms with Crippen molar-refractivity contribution in [1.82, 2.24) is 15.0 Å².